The Morgan fingerprint density at radius 1 is 0.964 bits per heavy atom. The van der Waals surface area contributed by atoms with Crippen LogP contribution in [-0.2, 0) is 19.1 Å². The van der Waals surface area contributed by atoms with Gasteiger partial charge < -0.3 is 15.1 Å². The molecule has 0 saturated heterocycles. The van der Waals surface area contributed by atoms with Crippen LogP contribution in [0.4, 0.5) is 0 Å². The van der Waals surface area contributed by atoms with Crippen LogP contribution in [-0.4, -0.2) is 36.1 Å². The summed E-state index contributed by atoms with van der Waals surface area (Å²) >= 11 is 0. The molecule has 0 bridgehead atoms. The van der Waals surface area contributed by atoms with E-state index >= 15 is 0 Å². The molecule has 2 aliphatic rings. The highest BCUT2D eigenvalue weighted by molar-refractivity contribution is 6.73. The lowest BCUT2D eigenvalue weighted by Crippen LogP contribution is -2.57. The summed E-state index contributed by atoms with van der Waals surface area (Å²) in [5, 5.41) is 21.3. The van der Waals surface area contributed by atoms with E-state index in [0.29, 0.717) is 12.8 Å². The van der Waals surface area contributed by atoms with E-state index in [1.807, 2.05) is 33.9 Å². The van der Waals surface area contributed by atoms with Gasteiger partial charge in [-0.15, -0.1) is 0 Å². The number of carboxylic acid groups (broad SMARTS) is 1. The molecule has 2 saturated carbocycles. The predicted molar refractivity (Wildman–Crippen MR) is 109 cm³/mol. The molecule has 0 heterocycles. The Morgan fingerprint density at radius 3 is 1.93 bits per heavy atom. The third kappa shape index (κ3) is 4.79. The molecule has 2 fully saturated rings. The van der Waals surface area contributed by atoms with Crippen LogP contribution in [0.2, 0.25) is 18.1 Å². The summed E-state index contributed by atoms with van der Waals surface area (Å²) in [5.74, 6) is -3.71. The Kier molecular flexibility index (Phi) is 7.37. The van der Waals surface area contributed by atoms with Gasteiger partial charge in [0.25, 0.3) is 8.32 Å². The highest BCUT2D eigenvalue weighted by atomic mass is 28.4. The number of aliphatic carboxylic acids is 1. The van der Waals surface area contributed by atoms with E-state index in [0.717, 1.165) is 44.9 Å². The summed E-state index contributed by atoms with van der Waals surface area (Å²) in [5.41, 5.74) is -2.09. The fourth-order valence-electron chi connectivity index (χ4n) is 4.45. The van der Waals surface area contributed by atoms with Crippen LogP contribution in [0.3, 0.4) is 0 Å². The molecule has 2 unspecified atom stereocenters. The molecule has 0 aromatic rings. The molecule has 0 aromatic heterocycles. The average molecular weight is 415 g/mol. The van der Waals surface area contributed by atoms with Gasteiger partial charge in [-0.1, -0.05) is 52.9 Å². The highest BCUT2D eigenvalue weighted by Gasteiger charge is 2.58. The van der Waals surface area contributed by atoms with Crippen LogP contribution < -0.4 is 0 Å². The number of hydrogen-bond donors (Lipinski definition) is 2. The Balaban J connectivity index is 2.30. The van der Waals surface area contributed by atoms with Crippen molar-refractivity contribution in [3.63, 3.8) is 0 Å². The molecule has 7 heteroatoms. The van der Waals surface area contributed by atoms with Crippen molar-refractivity contribution in [3.05, 3.63) is 0 Å². The largest absolute Gasteiger partial charge is 0.479 e. The molecular formula is C21H38O6Si. The van der Waals surface area contributed by atoms with Crippen molar-refractivity contribution < 1.29 is 29.3 Å². The predicted octanol–water partition coefficient (Wildman–Crippen LogP) is 4.67. The summed E-state index contributed by atoms with van der Waals surface area (Å²) < 4.78 is 5.65. The van der Waals surface area contributed by atoms with Gasteiger partial charge in [-0.2, -0.15) is 0 Å². The smallest absolute Gasteiger partial charge is 0.347 e. The van der Waals surface area contributed by atoms with Crippen molar-refractivity contribution in [1.82, 2.24) is 0 Å². The maximum Gasteiger partial charge on any atom is 0.347 e. The zero-order chi connectivity index (χ0) is 21.2. The summed E-state index contributed by atoms with van der Waals surface area (Å²) in [7, 11) is -2.35. The van der Waals surface area contributed by atoms with Crippen molar-refractivity contribution >= 4 is 20.3 Å². The van der Waals surface area contributed by atoms with E-state index < -0.39 is 37.7 Å². The topological polar surface area (TPSA) is 93.1 Å². The van der Waals surface area contributed by atoms with E-state index in [4.69, 9.17) is 9.46 Å². The normalized spacial score (nSPS) is 23.2. The summed E-state index contributed by atoms with van der Waals surface area (Å²) in [4.78, 5) is 30.7. The number of aliphatic hydroxyl groups is 1. The standard InChI is InChI=1S/C21H38O6Si/c1-20(2,3)28(4,5)27-26-18(22)17(15-11-7-6-8-12-15)21(25,19(23)24)16-13-9-10-14-16/h15-17,25H,6-14H2,1-5H3,(H,23,24). The lowest BCUT2D eigenvalue weighted by molar-refractivity contribution is -0.241. The Bertz CT molecular complexity index is 558. The molecule has 0 spiro atoms. The Morgan fingerprint density at radius 2 is 1.46 bits per heavy atom. The minimum absolute atomic E-state index is 0.151. The van der Waals surface area contributed by atoms with E-state index in [1.54, 1.807) is 0 Å². The van der Waals surface area contributed by atoms with Gasteiger partial charge in [0.15, 0.2) is 5.60 Å². The summed E-state index contributed by atoms with van der Waals surface area (Å²) in [6.45, 7) is 10.1. The SMILES string of the molecule is CC(C)(C)[Si](C)(C)OOC(=O)C(C1CCCCC1)C(O)(C(=O)O)C1CCCC1. The first-order chi connectivity index (χ1) is 12.9. The van der Waals surface area contributed by atoms with Gasteiger partial charge in [0.05, 0.1) is 0 Å². The van der Waals surface area contributed by atoms with E-state index in [1.165, 1.54) is 0 Å². The van der Waals surface area contributed by atoms with E-state index in [-0.39, 0.29) is 11.0 Å². The molecule has 2 N–H and O–H groups in total. The second kappa shape index (κ2) is 8.84. The molecular weight excluding hydrogens is 376 g/mol. The van der Waals surface area contributed by atoms with Crippen LogP contribution in [0.5, 0.6) is 0 Å². The van der Waals surface area contributed by atoms with Gasteiger partial charge in [-0.05, 0) is 55.7 Å². The van der Waals surface area contributed by atoms with Gasteiger partial charge in [-0.25, -0.2) is 14.2 Å². The molecule has 28 heavy (non-hydrogen) atoms. The molecule has 162 valence electrons. The molecule has 0 aliphatic heterocycles. The van der Waals surface area contributed by atoms with Crippen molar-refractivity contribution in [2.24, 2.45) is 17.8 Å². The van der Waals surface area contributed by atoms with Crippen LogP contribution >= 0.6 is 0 Å². The van der Waals surface area contributed by atoms with Crippen LogP contribution in [0.15, 0.2) is 0 Å². The third-order valence-corrected chi connectivity index (χ3v) is 11.4. The van der Waals surface area contributed by atoms with E-state index in [2.05, 4.69) is 0 Å². The van der Waals surface area contributed by atoms with Crippen LogP contribution in [0.25, 0.3) is 0 Å². The minimum atomic E-state index is -2.35. The molecule has 6 nitrogen and oxygen atoms in total. The second-order valence-corrected chi connectivity index (χ2v) is 14.9. The number of carboxylic acids is 1. The van der Waals surface area contributed by atoms with Crippen molar-refractivity contribution in [2.75, 3.05) is 0 Å². The molecule has 2 atom stereocenters. The Hall–Kier alpha value is -0.923. The fraction of sp³-hybridized carbons (Fsp3) is 0.905. The zero-order valence-electron chi connectivity index (χ0n) is 18.1. The average Bonchev–Trinajstić information content (AvgIpc) is 3.15. The van der Waals surface area contributed by atoms with Crippen molar-refractivity contribution in [2.45, 2.75) is 102 Å². The quantitative estimate of drug-likeness (QED) is 0.357. The van der Waals surface area contributed by atoms with Gasteiger partial charge in [0, 0.05) is 0 Å². The van der Waals surface area contributed by atoms with Crippen molar-refractivity contribution in [1.29, 1.82) is 0 Å². The summed E-state index contributed by atoms with van der Waals surface area (Å²) in [6.07, 6.45) is 7.46. The van der Waals surface area contributed by atoms with Crippen LogP contribution in [0, 0.1) is 17.8 Å². The lowest BCUT2D eigenvalue weighted by Gasteiger charge is -2.41. The first-order valence-corrected chi connectivity index (χ1v) is 13.7. The van der Waals surface area contributed by atoms with E-state index in [9.17, 15) is 19.8 Å². The minimum Gasteiger partial charge on any atom is -0.479 e. The fourth-order valence-corrected chi connectivity index (χ4v) is 4.99. The highest BCUT2D eigenvalue weighted by Crippen LogP contribution is 2.46. The van der Waals surface area contributed by atoms with Crippen LogP contribution in [0.1, 0.15) is 78.6 Å². The molecule has 0 aromatic carbocycles. The molecule has 0 radical (unpaired) electrons. The maximum absolute atomic E-state index is 13.2. The molecule has 2 rings (SSSR count). The van der Waals surface area contributed by atoms with Gasteiger partial charge in [0.2, 0.25) is 0 Å². The lowest BCUT2D eigenvalue weighted by atomic mass is 9.66. The number of carbonyl (C=O) groups is 2. The molecule has 2 aliphatic carbocycles. The Labute approximate surface area is 170 Å². The van der Waals surface area contributed by atoms with Crippen molar-refractivity contribution in [3.8, 4) is 0 Å². The monoisotopic (exact) mass is 414 g/mol. The molecule has 0 amide bonds. The first kappa shape index (κ1) is 23.4. The van der Waals surface area contributed by atoms with Gasteiger partial charge >= 0.3 is 11.9 Å². The van der Waals surface area contributed by atoms with Gasteiger partial charge in [-0.3, -0.25) is 0 Å². The second-order valence-electron chi connectivity index (χ2n) is 10.2. The zero-order valence-corrected chi connectivity index (χ0v) is 19.1. The third-order valence-electron chi connectivity index (χ3n) is 7.31. The summed E-state index contributed by atoms with van der Waals surface area (Å²) in [6, 6.07) is 0. The van der Waals surface area contributed by atoms with Gasteiger partial charge in [0.1, 0.15) is 5.92 Å². The maximum atomic E-state index is 13.2. The number of carbonyl (C=O) groups excluding carboxylic acids is 1. The first-order valence-electron chi connectivity index (χ1n) is 10.8. The number of rotatable bonds is 7. The number of hydrogen-bond acceptors (Lipinski definition) is 5.